The fourth-order valence-corrected chi connectivity index (χ4v) is 1.50. The van der Waals surface area contributed by atoms with Crippen LogP contribution < -0.4 is 0 Å². The zero-order valence-corrected chi connectivity index (χ0v) is 11.8. The number of thiol groups is 2. The SMILES string of the molecule is O=C(O)c1ccc(S)cc1.OCc1ccc(S)cc1. The number of aliphatic hydroxyl groups is 1. The van der Waals surface area contributed by atoms with Crippen LogP contribution >= 0.6 is 25.3 Å². The fourth-order valence-electron chi connectivity index (χ4n) is 1.21. The van der Waals surface area contributed by atoms with Crippen molar-refractivity contribution in [2.24, 2.45) is 0 Å². The summed E-state index contributed by atoms with van der Waals surface area (Å²) in [6, 6.07) is 13.7. The van der Waals surface area contributed by atoms with E-state index in [2.05, 4.69) is 25.3 Å². The molecule has 2 rings (SSSR count). The molecule has 0 unspecified atom stereocenters. The summed E-state index contributed by atoms with van der Waals surface area (Å²) in [5, 5.41) is 17.1. The van der Waals surface area contributed by atoms with Gasteiger partial charge in [0.05, 0.1) is 12.2 Å². The molecule has 5 heteroatoms. The molecule has 0 aliphatic rings. The lowest BCUT2D eigenvalue weighted by atomic mass is 10.2. The Morgan fingerprint density at radius 1 is 0.895 bits per heavy atom. The number of rotatable bonds is 2. The highest BCUT2D eigenvalue weighted by atomic mass is 32.1. The van der Waals surface area contributed by atoms with Gasteiger partial charge in [0.2, 0.25) is 0 Å². The molecule has 0 saturated carbocycles. The topological polar surface area (TPSA) is 57.5 Å². The van der Waals surface area contributed by atoms with Crippen LogP contribution in [0.3, 0.4) is 0 Å². The van der Waals surface area contributed by atoms with Crippen LogP contribution in [0.5, 0.6) is 0 Å². The van der Waals surface area contributed by atoms with Crippen molar-refractivity contribution in [1.82, 2.24) is 0 Å². The van der Waals surface area contributed by atoms with E-state index in [1.807, 2.05) is 24.3 Å². The van der Waals surface area contributed by atoms with E-state index < -0.39 is 5.97 Å². The summed E-state index contributed by atoms with van der Waals surface area (Å²) in [5.41, 5.74) is 1.21. The van der Waals surface area contributed by atoms with Gasteiger partial charge in [-0.2, -0.15) is 0 Å². The van der Waals surface area contributed by atoms with E-state index in [-0.39, 0.29) is 12.2 Å². The van der Waals surface area contributed by atoms with Crippen LogP contribution in [0.25, 0.3) is 0 Å². The van der Waals surface area contributed by atoms with Gasteiger partial charge >= 0.3 is 5.97 Å². The molecule has 19 heavy (non-hydrogen) atoms. The van der Waals surface area contributed by atoms with Crippen LogP contribution in [0.1, 0.15) is 15.9 Å². The van der Waals surface area contributed by atoms with Gasteiger partial charge < -0.3 is 10.2 Å². The van der Waals surface area contributed by atoms with Gasteiger partial charge in [-0.05, 0) is 42.0 Å². The predicted molar refractivity (Wildman–Crippen MR) is 80.3 cm³/mol. The summed E-state index contributed by atoms with van der Waals surface area (Å²) in [7, 11) is 0. The van der Waals surface area contributed by atoms with E-state index in [9.17, 15) is 4.79 Å². The van der Waals surface area contributed by atoms with Gasteiger partial charge in [-0.3, -0.25) is 0 Å². The monoisotopic (exact) mass is 294 g/mol. The molecule has 3 nitrogen and oxygen atoms in total. The normalized spacial score (nSPS) is 9.42. The average Bonchev–Trinajstić information content (AvgIpc) is 2.41. The number of hydrogen-bond acceptors (Lipinski definition) is 4. The molecular weight excluding hydrogens is 280 g/mol. The fraction of sp³-hybridized carbons (Fsp3) is 0.0714. The maximum absolute atomic E-state index is 10.3. The lowest BCUT2D eigenvalue weighted by molar-refractivity contribution is 0.0697. The van der Waals surface area contributed by atoms with Gasteiger partial charge in [-0.25, -0.2) is 4.79 Å². The molecule has 2 N–H and O–H groups in total. The number of carboxylic acids is 1. The average molecular weight is 294 g/mol. The summed E-state index contributed by atoms with van der Waals surface area (Å²) in [5.74, 6) is -0.909. The predicted octanol–water partition coefficient (Wildman–Crippen LogP) is 3.14. The number of benzene rings is 2. The first kappa shape index (κ1) is 15.6. The first-order valence-corrected chi connectivity index (χ1v) is 6.33. The Kier molecular flexibility index (Phi) is 6.49. The number of aromatic carboxylic acids is 1. The highest BCUT2D eigenvalue weighted by Crippen LogP contribution is 2.07. The van der Waals surface area contributed by atoms with Gasteiger partial charge in [0.1, 0.15) is 0 Å². The van der Waals surface area contributed by atoms with E-state index in [1.165, 1.54) is 12.1 Å². The summed E-state index contributed by atoms with van der Waals surface area (Å²) >= 11 is 8.10. The molecule has 0 spiro atoms. The third-order valence-corrected chi connectivity index (χ3v) is 2.83. The molecule has 0 atom stereocenters. The number of carbonyl (C=O) groups is 1. The minimum Gasteiger partial charge on any atom is -0.478 e. The zero-order valence-electron chi connectivity index (χ0n) is 10.0. The van der Waals surface area contributed by atoms with Crippen LogP contribution in [0.4, 0.5) is 0 Å². The molecule has 0 aliphatic carbocycles. The van der Waals surface area contributed by atoms with Crippen LogP contribution in [0.15, 0.2) is 58.3 Å². The van der Waals surface area contributed by atoms with Crippen LogP contribution in [-0.4, -0.2) is 16.2 Å². The Hall–Kier alpha value is -1.43. The molecule has 2 aromatic rings. The Bertz CT molecular complexity index is 521. The molecule has 0 aliphatic heterocycles. The number of hydrogen-bond donors (Lipinski definition) is 4. The molecule has 0 saturated heterocycles. The third-order valence-electron chi connectivity index (χ3n) is 2.23. The maximum Gasteiger partial charge on any atom is 0.335 e. The summed E-state index contributed by atoms with van der Waals surface area (Å²) in [4.78, 5) is 12.0. The van der Waals surface area contributed by atoms with Gasteiger partial charge in [0.25, 0.3) is 0 Å². The molecule has 2 aromatic carbocycles. The lowest BCUT2D eigenvalue weighted by Crippen LogP contribution is -1.94. The molecular formula is C14H14O3S2. The zero-order chi connectivity index (χ0) is 14.3. The van der Waals surface area contributed by atoms with E-state index in [0.29, 0.717) is 0 Å². The molecule has 0 heterocycles. The van der Waals surface area contributed by atoms with Crippen LogP contribution in [0, 0.1) is 0 Å². The first-order chi connectivity index (χ1) is 9.02. The van der Waals surface area contributed by atoms with Crippen molar-refractivity contribution in [3.8, 4) is 0 Å². The first-order valence-electron chi connectivity index (χ1n) is 5.44. The Labute approximate surface area is 122 Å². The second-order valence-corrected chi connectivity index (χ2v) is 4.71. The van der Waals surface area contributed by atoms with E-state index in [4.69, 9.17) is 10.2 Å². The molecule has 0 aromatic heterocycles. The van der Waals surface area contributed by atoms with Crippen molar-refractivity contribution < 1.29 is 15.0 Å². The van der Waals surface area contributed by atoms with Gasteiger partial charge in [-0.15, -0.1) is 25.3 Å². The highest BCUT2D eigenvalue weighted by Gasteiger charge is 1.98. The Morgan fingerprint density at radius 3 is 1.68 bits per heavy atom. The van der Waals surface area contributed by atoms with E-state index >= 15 is 0 Å². The minimum absolute atomic E-state index is 0.105. The second kappa shape index (κ2) is 7.89. The highest BCUT2D eigenvalue weighted by molar-refractivity contribution is 7.80. The minimum atomic E-state index is -0.909. The Morgan fingerprint density at radius 2 is 1.32 bits per heavy atom. The summed E-state index contributed by atoms with van der Waals surface area (Å²) in [6.45, 7) is 0.105. The maximum atomic E-state index is 10.3. The Balaban J connectivity index is 0.000000191. The second-order valence-electron chi connectivity index (χ2n) is 3.68. The largest absolute Gasteiger partial charge is 0.478 e. The third kappa shape index (κ3) is 5.83. The summed E-state index contributed by atoms with van der Waals surface area (Å²) in [6.07, 6.45) is 0. The van der Waals surface area contributed by atoms with Crippen molar-refractivity contribution in [2.45, 2.75) is 16.4 Å². The quantitative estimate of drug-likeness (QED) is 0.644. The van der Waals surface area contributed by atoms with Crippen molar-refractivity contribution in [1.29, 1.82) is 0 Å². The van der Waals surface area contributed by atoms with Crippen molar-refractivity contribution in [3.05, 3.63) is 59.7 Å². The molecule has 0 fully saturated rings. The number of aliphatic hydroxyl groups excluding tert-OH is 1. The van der Waals surface area contributed by atoms with Crippen LogP contribution in [-0.2, 0) is 6.61 Å². The van der Waals surface area contributed by atoms with Crippen molar-refractivity contribution in [2.75, 3.05) is 0 Å². The smallest absolute Gasteiger partial charge is 0.335 e. The molecule has 100 valence electrons. The van der Waals surface area contributed by atoms with Crippen molar-refractivity contribution in [3.63, 3.8) is 0 Å². The molecule has 0 bridgehead atoms. The van der Waals surface area contributed by atoms with E-state index in [0.717, 1.165) is 15.4 Å². The van der Waals surface area contributed by atoms with Crippen LogP contribution in [0.2, 0.25) is 0 Å². The van der Waals surface area contributed by atoms with Gasteiger partial charge in [0, 0.05) is 9.79 Å². The van der Waals surface area contributed by atoms with E-state index in [1.54, 1.807) is 12.1 Å². The number of carboxylic acid groups (broad SMARTS) is 1. The van der Waals surface area contributed by atoms with Gasteiger partial charge in [-0.1, -0.05) is 12.1 Å². The van der Waals surface area contributed by atoms with Crippen molar-refractivity contribution >= 4 is 31.2 Å². The molecule has 0 radical (unpaired) electrons. The molecule has 0 amide bonds. The standard InChI is InChI=1S/C7H6O2S.C7H8OS/c8-7(9)5-1-3-6(10)4-2-5;8-5-6-1-3-7(9)4-2-6/h1-4,10H,(H,8,9);1-4,8-9H,5H2. The lowest BCUT2D eigenvalue weighted by Gasteiger charge is -1.93. The van der Waals surface area contributed by atoms with Gasteiger partial charge in [0.15, 0.2) is 0 Å². The summed E-state index contributed by atoms with van der Waals surface area (Å²) < 4.78 is 0.